The van der Waals surface area contributed by atoms with E-state index in [0.29, 0.717) is 41.2 Å². The molecule has 3 N–H and O–H groups in total. The first-order chi connectivity index (χ1) is 18.4. The molecule has 1 aromatic carbocycles. The molecule has 0 radical (unpaired) electrons. The van der Waals surface area contributed by atoms with E-state index in [4.69, 9.17) is 4.74 Å². The molecule has 3 heterocycles. The van der Waals surface area contributed by atoms with Crippen molar-refractivity contribution in [1.82, 2.24) is 25.0 Å². The van der Waals surface area contributed by atoms with E-state index in [0.717, 1.165) is 45.2 Å². The lowest BCUT2D eigenvalue weighted by atomic mass is 9.77. The van der Waals surface area contributed by atoms with Gasteiger partial charge in [-0.3, -0.25) is 4.21 Å². The number of aryl methyl sites for hydroxylation is 1. The highest BCUT2D eigenvalue weighted by Gasteiger charge is 2.35. The molecule has 1 unspecified atom stereocenters. The van der Waals surface area contributed by atoms with Crippen molar-refractivity contribution in [2.24, 2.45) is 0 Å². The number of hydrogen-bond donors (Lipinski definition) is 3. The summed E-state index contributed by atoms with van der Waals surface area (Å²) in [7, 11) is 0. The minimum absolute atomic E-state index is 0.0450. The molecule has 1 saturated heterocycles. The normalized spacial score (nSPS) is 20.0. The number of benzene rings is 1. The van der Waals surface area contributed by atoms with Crippen molar-refractivity contribution in [1.29, 1.82) is 0 Å². The van der Waals surface area contributed by atoms with Crippen molar-refractivity contribution in [3.05, 3.63) is 59.7 Å². The molecule has 1 aliphatic heterocycles. The minimum Gasteiger partial charge on any atom is -0.760 e. The smallest absolute Gasteiger partial charge is 0.228 e. The Hall–Kier alpha value is -2.99. The van der Waals surface area contributed by atoms with Crippen LogP contribution in [0.4, 0.5) is 10.3 Å². The highest BCUT2D eigenvalue weighted by Crippen LogP contribution is 2.41. The van der Waals surface area contributed by atoms with Crippen LogP contribution in [0.3, 0.4) is 0 Å². The number of hydrogen-bond acceptors (Lipinski definition) is 8. The van der Waals surface area contributed by atoms with Gasteiger partial charge in [-0.15, -0.1) is 0 Å². The van der Waals surface area contributed by atoms with E-state index >= 15 is 4.39 Å². The van der Waals surface area contributed by atoms with Gasteiger partial charge in [0.1, 0.15) is 0 Å². The number of halogens is 1. The van der Waals surface area contributed by atoms with E-state index in [9.17, 15) is 8.76 Å². The van der Waals surface area contributed by atoms with E-state index < -0.39 is 22.6 Å². The van der Waals surface area contributed by atoms with Crippen molar-refractivity contribution < 1.29 is 17.9 Å². The molecule has 0 bridgehead atoms. The zero-order valence-electron chi connectivity index (χ0n) is 21.3. The highest BCUT2D eigenvalue weighted by atomic mass is 32.2. The lowest BCUT2D eigenvalue weighted by Crippen LogP contribution is -2.44. The summed E-state index contributed by atoms with van der Waals surface area (Å²) in [4.78, 5) is 13.4. The standard InChI is InChI=1S/C27H33FN6O3S/c1-18-15-19(27(34-38(35)36)10-3-2-4-11-27)16-22(28)24(18)37-25-21(8-6-13-30-25)23-9-14-31-26(33-23)32-20-7-5-12-29-17-20/h6,8-9,13-16,20,29,34H,2-5,7,10-12,17H2,1H3,(H,35,36)(H,31,32,33)/p-1/t20-/m0/s1. The monoisotopic (exact) mass is 539 g/mol. The first kappa shape index (κ1) is 26.6. The first-order valence-corrected chi connectivity index (χ1v) is 14.1. The van der Waals surface area contributed by atoms with Crippen molar-refractivity contribution in [2.75, 3.05) is 18.4 Å². The number of anilines is 1. The fourth-order valence-electron chi connectivity index (χ4n) is 5.40. The Morgan fingerprint density at radius 3 is 2.74 bits per heavy atom. The summed E-state index contributed by atoms with van der Waals surface area (Å²) >= 11 is -2.47. The number of nitrogens with one attached hydrogen (secondary N) is 3. The minimum atomic E-state index is -2.47. The molecule has 1 saturated carbocycles. The number of nitrogens with zero attached hydrogens (tertiary/aromatic N) is 3. The maximum atomic E-state index is 15.5. The van der Waals surface area contributed by atoms with Crippen molar-refractivity contribution in [2.45, 2.75) is 63.5 Å². The van der Waals surface area contributed by atoms with Gasteiger partial charge in [0.05, 0.1) is 16.8 Å². The van der Waals surface area contributed by atoms with E-state index in [1.54, 1.807) is 37.5 Å². The number of rotatable bonds is 8. The summed E-state index contributed by atoms with van der Waals surface area (Å²) in [6.07, 6.45) is 9.38. The van der Waals surface area contributed by atoms with Gasteiger partial charge in [-0.2, -0.15) is 0 Å². The molecule has 2 fully saturated rings. The summed E-state index contributed by atoms with van der Waals surface area (Å²) < 4.78 is 47.4. The van der Waals surface area contributed by atoms with E-state index in [1.165, 1.54) is 6.07 Å². The number of ether oxygens (including phenoxy) is 1. The fraction of sp³-hybridized carbons (Fsp3) is 0.444. The van der Waals surface area contributed by atoms with Crippen LogP contribution < -0.4 is 20.1 Å². The van der Waals surface area contributed by atoms with Crippen molar-refractivity contribution >= 4 is 17.2 Å². The Labute approximate surface area is 224 Å². The summed E-state index contributed by atoms with van der Waals surface area (Å²) in [5.41, 5.74) is 1.55. The van der Waals surface area contributed by atoms with Crippen LogP contribution in [0.2, 0.25) is 0 Å². The molecule has 2 atom stereocenters. The van der Waals surface area contributed by atoms with Crippen LogP contribution in [-0.2, 0) is 16.8 Å². The van der Waals surface area contributed by atoms with Crippen LogP contribution in [0.25, 0.3) is 11.3 Å². The summed E-state index contributed by atoms with van der Waals surface area (Å²) in [6, 6.07) is 8.79. The van der Waals surface area contributed by atoms with Crippen LogP contribution in [-0.4, -0.2) is 42.8 Å². The second-order valence-corrected chi connectivity index (χ2v) is 10.7. The zero-order valence-corrected chi connectivity index (χ0v) is 22.2. The second kappa shape index (κ2) is 11.8. The molecule has 38 heavy (non-hydrogen) atoms. The first-order valence-electron chi connectivity index (χ1n) is 13.0. The summed E-state index contributed by atoms with van der Waals surface area (Å²) in [6.45, 7) is 3.62. The Morgan fingerprint density at radius 2 is 2.00 bits per heavy atom. The molecule has 9 nitrogen and oxygen atoms in total. The van der Waals surface area contributed by atoms with Gasteiger partial charge in [0.2, 0.25) is 11.8 Å². The highest BCUT2D eigenvalue weighted by molar-refractivity contribution is 7.77. The van der Waals surface area contributed by atoms with Gasteiger partial charge >= 0.3 is 0 Å². The zero-order chi connectivity index (χ0) is 26.5. The molecule has 1 aliphatic carbocycles. The van der Waals surface area contributed by atoms with Crippen molar-refractivity contribution in [3.8, 4) is 22.9 Å². The van der Waals surface area contributed by atoms with Gasteiger partial charge in [0.15, 0.2) is 11.6 Å². The Morgan fingerprint density at radius 1 is 1.16 bits per heavy atom. The lowest BCUT2D eigenvalue weighted by molar-refractivity contribution is 0.269. The molecular formula is C27H32FN6O3S-. The number of pyridine rings is 1. The van der Waals surface area contributed by atoms with Gasteiger partial charge in [-0.1, -0.05) is 25.3 Å². The van der Waals surface area contributed by atoms with Crippen molar-refractivity contribution in [3.63, 3.8) is 0 Å². The lowest BCUT2D eigenvalue weighted by Gasteiger charge is -2.39. The Balaban J connectivity index is 1.42. The molecule has 2 aliphatic rings. The predicted octanol–water partition coefficient (Wildman–Crippen LogP) is 4.49. The largest absolute Gasteiger partial charge is 0.760 e. The summed E-state index contributed by atoms with van der Waals surface area (Å²) in [5, 5.41) is 6.74. The molecule has 0 amide bonds. The third kappa shape index (κ3) is 6.01. The van der Waals surface area contributed by atoms with E-state index in [1.807, 2.05) is 6.07 Å². The Bertz CT molecular complexity index is 1270. The summed E-state index contributed by atoms with van der Waals surface area (Å²) in [5.74, 6) is 0.203. The van der Waals surface area contributed by atoms with Gasteiger partial charge in [-0.05, 0) is 74.5 Å². The number of aromatic nitrogens is 3. The SMILES string of the molecule is Cc1cc(C2(NS(=O)[O-])CCCCC2)cc(F)c1Oc1ncccc1-c1ccnc(N[C@H]2CCCNC2)n1. The molecular weight excluding hydrogens is 507 g/mol. The third-order valence-corrected chi connectivity index (χ3v) is 7.86. The quantitative estimate of drug-likeness (QED) is 0.358. The molecule has 2 aromatic heterocycles. The van der Waals surface area contributed by atoms with Crippen LogP contribution in [0, 0.1) is 12.7 Å². The van der Waals surface area contributed by atoms with Gasteiger partial charge < -0.3 is 19.9 Å². The third-order valence-electron chi connectivity index (χ3n) is 7.30. The molecule has 5 rings (SSSR count). The average Bonchev–Trinajstić information content (AvgIpc) is 2.92. The Kier molecular flexibility index (Phi) is 8.27. The second-order valence-electron chi connectivity index (χ2n) is 9.99. The molecule has 11 heteroatoms. The van der Waals surface area contributed by atoms with Gasteiger partial charge in [-0.25, -0.2) is 24.1 Å². The van der Waals surface area contributed by atoms with Gasteiger partial charge in [0.25, 0.3) is 0 Å². The fourth-order valence-corrected chi connectivity index (χ4v) is 6.04. The van der Waals surface area contributed by atoms with E-state index in [2.05, 4.69) is 30.3 Å². The molecule has 202 valence electrons. The predicted molar refractivity (Wildman–Crippen MR) is 143 cm³/mol. The van der Waals surface area contributed by atoms with Gasteiger partial charge in [0, 0.05) is 36.2 Å². The van der Waals surface area contributed by atoms with Crippen LogP contribution in [0.5, 0.6) is 11.6 Å². The topological polar surface area (TPSA) is 124 Å². The molecule has 0 spiro atoms. The average molecular weight is 540 g/mol. The number of piperidine rings is 1. The van der Waals surface area contributed by atoms with Crippen LogP contribution in [0.15, 0.2) is 42.7 Å². The van der Waals surface area contributed by atoms with Crippen LogP contribution >= 0.6 is 0 Å². The maximum absolute atomic E-state index is 15.5. The van der Waals surface area contributed by atoms with E-state index in [-0.39, 0.29) is 17.7 Å². The molecule has 3 aromatic rings. The van der Waals surface area contributed by atoms with Crippen LogP contribution in [0.1, 0.15) is 56.1 Å². The maximum Gasteiger partial charge on any atom is 0.228 e.